The molecule has 2 rings (SSSR count). The van der Waals surface area contributed by atoms with Gasteiger partial charge in [-0.05, 0) is 43.8 Å². The number of rotatable bonds is 7. The Balaban J connectivity index is 2.03. The number of hydrogen-bond donors (Lipinski definition) is 2. The fraction of sp³-hybridized carbons (Fsp3) is 0.357. The van der Waals surface area contributed by atoms with E-state index in [2.05, 4.69) is 15.0 Å². The molecule has 2 aromatic rings. The second kappa shape index (κ2) is 7.02. The van der Waals surface area contributed by atoms with Gasteiger partial charge < -0.3 is 5.32 Å². The Morgan fingerprint density at radius 3 is 2.71 bits per heavy atom. The highest BCUT2D eigenvalue weighted by Gasteiger charge is 2.18. The first kappa shape index (κ1) is 15.9. The number of nitrogens with zero attached hydrogens (tertiary/aromatic N) is 1. The number of nitrogens with one attached hydrogen (secondary N) is 2. The highest BCUT2D eigenvalue weighted by molar-refractivity contribution is 7.89. The molecule has 0 aromatic carbocycles. The minimum atomic E-state index is -3.53. The van der Waals surface area contributed by atoms with E-state index in [4.69, 9.17) is 0 Å². The molecule has 0 saturated heterocycles. The van der Waals surface area contributed by atoms with Gasteiger partial charge in [0.15, 0.2) is 0 Å². The van der Waals surface area contributed by atoms with Crippen LogP contribution in [0.4, 0.5) is 5.82 Å². The van der Waals surface area contributed by atoms with Gasteiger partial charge in [-0.3, -0.25) is 0 Å². The number of anilines is 1. The van der Waals surface area contributed by atoms with E-state index in [0.717, 1.165) is 11.4 Å². The maximum absolute atomic E-state index is 12.3. The Labute approximate surface area is 129 Å². The number of thiophene rings is 1. The van der Waals surface area contributed by atoms with Crippen molar-refractivity contribution in [3.63, 3.8) is 0 Å². The fourth-order valence-electron chi connectivity index (χ4n) is 1.93. The zero-order valence-corrected chi connectivity index (χ0v) is 13.7. The first-order chi connectivity index (χ1) is 10.0. The van der Waals surface area contributed by atoms with Crippen LogP contribution in [0.1, 0.15) is 18.7 Å². The van der Waals surface area contributed by atoms with Crippen LogP contribution in [-0.2, 0) is 16.4 Å². The molecule has 2 N–H and O–H groups in total. The lowest BCUT2D eigenvalue weighted by Gasteiger charge is -2.13. The molecule has 5 nitrogen and oxygen atoms in total. The summed E-state index contributed by atoms with van der Waals surface area (Å²) in [5.74, 6) is 0.670. The summed E-state index contributed by atoms with van der Waals surface area (Å²) in [6, 6.07) is 7.03. The van der Waals surface area contributed by atoms with Gasteiger partial charge in [0, 0.05) is 23.7 Å². The lowest BCUT2D eigenvalue weighted by atomic mass is 10.2. The van der Waals surface area contributed by atoms with Crippen molar-refractivity contribution < 1.29 is 8.42 Å². The molecular formula is C14H19N3O2S2. The van der Waals surface area contributed by atoms with Gasteiger partial charge in [0.1, 0.15) is 10.7 Å². The summed E-state index contributed by atoms with van der Waals surface area (Å²) in [6.07, 6.45) is 2.05. The Kier molecular flexibility index (Phi) is 5.33. The van der Waals surface area contributed by atoms with Crippen LogP contribution in [0.2, 0.25) is 0 Å². The Morgan fingerprint density at radius 2 is 2.14 bits per heavy atom. The second-order valence-electron chi connectivity index (χ2n) is 4.72. The van der Waals surface area contributed by atoms with Crippen LogP contribution >= 0.6 is 11.3 Å². The molecule has 0 amide bonds. The monoisotopic (exact) mass is 325 g/mol. The summed E-state index contributed by atoms with van der Waals surface area (Å²) >= 11 is 1.63. The van der Waals surface area contributed by atoms with Crippen molar-refractivity contribution in [3.8, 4) is 0 Å². The third kappa shape index (κ3) is 4.52. The molecule has 1 unspecified atom stereocenters. The summed E-state index contributed by atoms with van der Waals surface area (Å²) < 4.78 is 27.2. The number of sulfonamides is 1. The highest BCUT2D eigenvalue weighted by atomic mass is 32.2. The Hall–Kier alpha value is -1.44. The highest BCUT2D eigenvalue weighted by Crippen LogP contribution is 2.14. The van der Waals surface area contributed by atoms with Crippen LogP contribution in [0.3, 0.4) is 0 Å². The minimum Gasteiger partial charge on any atom is -0.370 e. The molecule has 114 valence electrons. The second-order valence-corrected chi connectivity index (χ2v) is 7.46. The molecule has 21 heavy (non-hydrogen) atoms. The molecule has 1 atom stereocenters. The lowest BCUT2D eigenvalue weighted by Crippen LogP contribution is -2.34. The van der Waals surface area contributed by atoms with Crippen LogP contribution in [0.5, 0.6) is 0 Å². The summed E-state index contributed by atoms with van der Waals surface area (Å²) in [6.45, 7) is 4.56. The van der Waals surface area contributed by atoms with Gasteiger partial charge in [0.25, 0.3) is 0 Å². The lowest BCUT2D eigenvalue weighted by molar-refractivity contribution is 0.560. The van der Waals surface area contributed by atoms with Gasteiger partial charge in [0.05, 0.1) is 0 Å². The standard InChI is InChI=1S/C14H19N3O2S2/c1-3-15-14-7-6-13(10-16-14)21(18,19)17-11(2)9-12-5-4-8-20-12/h4-8,10-11,17H,3,9H2,1-2H3,(H,15,16). The zero-order valence-electron chi connectivity index (χ0n) is 12.0. The maximum Gasteiger partial charge on any atom is 0.242 e. The van der Waals surface area contributed by atoms with Gasteiger partial charge in [-0.15, -0.1) is 11.3 Å². The SMILES string of the molecule is CCNc1ccc(S(=O)(=O)NC(C)Cc2cccs2)cn1. The van der Waals surface area contributed by atoms with Crippen LogP contribution in [-0.4, -0.2) is 26.0 Å². The topological polar surface area (TPSA) is 71.1 Å². The van der Waals surface area contributed by atoms with Crippen molar-refractivity contribution in [2.45, 2.75) is 31.2 Å². The molecule has 7 heteroatoms. The molecule has 0 aliphatic heterocycles. The van der Waals surface area contributed by atoms with E-state index in [9.17, 15) is 8.42 Å². The van der Waals surface area contributed by atoms with Crippen molar-refractivity contribution in [3.05, 3.63) is 40.7 Å². The van der Waals surface area contributed by atoms with Crippen molar-refractivity contribution >= 4 is 27.2 Å². The van der Waals surface area contributed by atoms with E-state index in [-0.39, 0.29) is 10.9 Å². The number of pyridine rings is 1. The first-order valence-electron chi connectivity index (χ1n) is 6.76. The Bertz CT molecular complexity index is 652. The van der Waals surface area contributed by atoms with Crippen LogP contribution in [0.25, 0.3) is 0 Å². The van der Waals surface area contributed by atoms with E-state index in [1.54, 1.807) is 23.5 Å². The normalized spacial score (nSPS) is 13.0. The van der Waals surface area contributed by atoms with Gasteiger partial charge in [-0.25, -0.2) is 18.1 Å². The molecule has 0 fully saturated rings. The van der Waals surface area contributed by atoms with E-state index in [1.807, 2.05) is 31.4 Å². The summed E-state index contributed by atoms with van der Waals surface area (Å²) in [5.41, 5.74) is 0. The molecule has 0 aliphatic rings. The molecule has 2 aromatic heterocycles. The molecular weight excluding hydrogens is 306 g/mol. The zero-order chi connectivity index (χ0) is 15.3. The van der Waals surface area contributed by atoms with Gasteiger partial charge in [-0.1, -0.05) is 6.07 Å². The predicted molar refractivity (Wildman–Crippen MR) is 86.2 cm³/mol. The third-order valence-corrected chi connectivity index (χ3v) is 5.32. The smallest absolute Gasteiger partial charge is 0.242 e. The first-order valence-corrected chi connectivity index (χ1v) is 9.12. The summed E-state index contributed by atoms with van der Waals surface area (Å²) in [4.78, 5) is 5.43. The minimum absolute atomic E-state index is 0.165. The average molecular weight is 325 g/mol. The number of hydrogen-bond acceptors (Lipinski definition) is 5. The van der Waals surface area contributed by atoms with Crippen molar-refractivity contribution in [1.29, 1.82) is 0 Å². The Morgan fingerprint density at radius 1 is 1.33 bits per heavy atom. The molecule has 0 spiro atoms. The quantitative estimate of drug-likeness (QED) is 0.820. The van der Waals surface area contributed by atoms with Crippen LogP contribution in [0.15, 0.2) is 40.7 Å². The van der Waals surface area contributed by atoms with Crippen molar-refractivity contribution in [2.24, 2.45) is 0 Å². The van der Waals surface area contributed by atoms with Gasteiger partial charge in [0.2, 0.25) is 10.0 Å². The predicted octanol–water partition coefficient (Wildman–Crippen LogP) is 2.48. The van der Waals surface area contributed by atoms with E-state index >= 15 is 0 Å². The summed E-state index contributed by atoms with van der Waals surface area (Å²) in [5, 5.41) is 5.02. The fourth-order valence-corrected chi connectivity index (χ4v) is 3.95. The molecule has 0 aliphatic carbocycles. The van der Waals surface area contributed by atoms with Crippen molar-refractivity contribution in [1.82, 2.24) is 9.71 Å². The molecule has 0 bridgehead atoms. The molecule has 0 saturated carbocycles. The molecule has 2 heterocycles. The van der Waals surface area contributed by atoms with E-state index in [1.165, 1.54) is 6.20 Å². The largest absolute Gasteiger partial charge is 0.370 e. The van der Waals surface area contributed by atoms with Gasteiger partial charge in [-0.2, -0.15) is 0 Å². The third-order valence-electron chi connectivity index (χ3n) is 2.85. The van der Waals surface area contributed by atoms with E-state index < -0.39 is 10.0 Å². The van der Waals surface area contributed by atoms with Crippen LogP contribution in [0, 0.1) is 0 Å². The summed E-state index contributed by atoms with van der Waals surface area (Å²) in [7, 11) is -3.53. The van der Waals surface area contributed by atoms with E-state index in [0.29, 0.717) is 12.2 Å². The van der Waals surface area contributed by atoms with Crippen molar-refractivity contribution in [2.75, 3.05) is 11.9 Å². The van der Waals surface area contributed by atoms with Crippen LogP contribution < -0.4 is 10.0 Å². The van der Waals surface area contributed by atoms with Gasteiger partial charge >= 0.3 is 0 Å². The molecule has 0 radical (unpaired) electrons. The average Bonchev–Trinajstić information content (AvgIpc) is 2.92. The maximum atomic E-state index is 12.3. The number of aromatic nitrogens is 1.